The van der Waals surface area contributed by atoms with Crippen molar-refractivity contribution in [2.75, 3.05) is 21.3 Å². The number of aryl methyl sites for hydroxylation is 4. The van der Waals surface area contributed by atoms with Crippen LogP contribution in [0.15, 0.2) is 60.7 Å². The second-order valence-corrected chi connectivity index (χ2v) is 7.35. The van der Waals surface area contributed by atoms with Crippen molar-refractivity contribution in [3.8, 4) is 17.2 Å². The molecule has 162 valence electrons. The second kappa shape index (κ2) is 10.5. The summed E-state index contributed by atoms with van der Waals surface area (Å²) in [6.07, 6.45) is 3.58. The molecule has 0 spiro atoms. The van der Waals surface area contributed by atoms with Gasteiger partial charge in [-0.25, -0.2) is 4.79 Å². The van der Waals surface area contributed by atoms with Gasteiger partial charge in [0.05, 0.1) is 26.9 Å². The number of carboxylic acid groups (broad SMARTS) is 1. The molecule has 0 unspecified atom stereocenters. The quantitative estimate of drug-likeness (QED) is 0.501. The standard InChI is InChI=1S/C26H28O5/c1-29-23-16-21(17-24(30-2)25(23)31-3)11-10-19-6-4-18(5-7-19)8-9-20-12-14-22(15-13-20)26(27)28/h4-7,12-17H,8-11H2,1-3H3,(H,27,28). The van der Waals surface area contributed by atoms with Crippen LogP contribution in [0.4, 0.5) is 0 Å². The number of hydrogen-bond donors (Lipinski definition) is 1. The fraction of sp³-hybridized carbons (Fsp3) is 0.269. The monoisotopic (exact) mass is 420 g/mol. The van der Waals surface area contributed by atoms with Gasteiger partial charge >= 0.3 is 5.97 Å². The van der Waals surface area contributed by atoms with E-state index in [1.165, 1.54) is 11.1 Å². The Hall–Kier alpha value is -3.47. The van der Waals surface area contributed by atoms with E-state index in [1.807, 2.05) is 24.3 Å². The van der Waals surface area contributed by atoms with E-state index in [9.17, 15) is 4.79 Å². The number of methoxy groups -OCH3 is 3. The molecule has 0 heterocycles. The first kappa shape index (κ1) is 22.2. The minimum Gasteiger partial charge on any atom is -0.493 e. The number of ether oxygens (including phenoxy) is 3. The van der Waals surface area contributed by atoms with Gasteiger partial charge in [0.2, 0.25) is 5.75 Å². The molecule has 5 nitrogen and oxygen atoms in total. The van der Waals surface area contributed by atoms with E-state index in [2.05, 4.69) is 24.3 Å². The highest BCUT2D eigenvalue weighted by Crippen LogP contribution is 2.38. The summed E-state index contributed by atoms with van der Waals surface area (Å²) >= 11 is 0. The van der Waals surface area contributed by atoms with E-state index in [1.54, 1.807) is 33.5 Å². The Bertz CT molecular complexity index is 982. The second-order valence-electron chi connectivity index (χ2n) is 7.35. The number of aromatic carboxylic acids is 1. The van der Waals surface area contributed by atoms with Crippen molar-refractivity contribution in [1.29, 1.82) is 0 Å². The largest absolute Gasteiger partial charge is 0.493 e. The molecule has 3 aromatic carbocycles. The summed E-state index contributed by atoms with van der Waals surface area (Å²) in [6, 6.07) is 19.7. The van der Waals surface area contributed by atoms with Gasteiger partial charge in [-0.15, -0.1) is 0 Å². The van der Waals surface area contributed by atoms with Crippen LogP contribution in [-0.4, -0.2) is 32.4 Å². The van der Waals surface area contributed by atoms with Crippen LogP contribution in [-0.2, 0) is 25.7 Å². The molecule has 3 aromatic rings. The highest BCUT2D eigenvalue weighted by Gasteiger charge is 2.13. The van der Waals surface area contributed by atoms with E-state index < -0.39 is 5.97 Å². The molecule has 3 rings (SSSR count). The van der Waals surface area contributed by atoms with Gasteiger partial charge in [-0.05, 0) is 72.2 Å². The summed E-state index contributed by atoms with van der Waals surface area (Å²) in [4.78, 5) is 10.9. The molecule has 1 N–H and O–H groups in total. The number of hydrogen-bond acceptors (Lipinski definition) is 4. The van der Waals surface area contributed by atoms with E-state index in [-0.39, 0.29) is 0 Å². The molecule has 0 aromatic heterocycles. The molecule has 0 radical (unpaired) electrons. The Labute approximate surface area is 183 Å². The van der Waals surface area contributed by atoms with E-state index in [0.29, 0.717) is 22.8 Å². The Morgan fingerprint density at radius 3 is 1.39 bits per heavy atom. The number of carbonyl (C=O) groups is 1. The van der Waals surface area contributed by atoms with Gasteiger partial charge in [0.25, 0.3) is 0 Å². The van der Waals surface area contributed by atoms with Crippen LogP contribution in [0.25, 0.3) is 0 Å². The molecule has 0 fully saturated rings. The van der Waals surface area contributed by atoms with Crippen molar-refractivity contribution in [2.45, 2.75) is 25.7 Å². The van der Waals surface area contributed by atoms with Gasteiger partial charge in [0.15, 0.2) is 11.5 Å². The lowest BCUT2D eigenvalue weighted by Gasteiger charge is -2.14. The average Bonchev–Trinajstić information content (AvgIpc) is 2.81. The maximum Gasteiger partial charge on any atom is 0.335 e. The van der Waals surface area contributed by atoms with Crippen LogP contribution in [0.5, 0.6) is 17.2 Å². The zero-order valence-electron chi connectivity index (χ0n) is 18.2. The number of rotatable bonds is 10. The molecular weight excluding hydrogens is 392 g/mol. The Morgan fingerprint density at radius 2 is 1.03 bits per heavy atom. The molecular formula is C26H28O5. The molecule has 31 heavy (non-hydrogen) atoms. The fourth-order valence-electron chi connectivity index (χ4n) is 3.54. The maximum absolute atomic E-state index is 10.9. The summed E-state index contributed by atoms with van der Waals surface area (Å²) < 4.78 is 16.3. The summed E-state index contributed by atoms with van der Waals surface area (Å²) in [5.74, 6) is 1.05. The fourth-order valence-corrected chi connectivity index (χ4v) is 3.54. The van der Waals surface area contributed by atoms with Gasteiger partial charge in [-0.1, -0.05) is 36.4 Å². The Morgan fingerprint density at radius 1 is 0.645 bits per heavy atom. The molecule has 0 aliphatic carbocycles. The lowest BCUT2D eigenvalue weighted by atomic mass is 9.99. The van der Waals surface area contributed by atoms with Crippen molar-refractivity contribution >= 4 is 5.97 Å². The normalized spacial score (nSPS) is 10.5. The van der Waals surface area contributed by atoms with Crippen LogP contribution in [0.3, 0.4) is 0 Å². The number of carboxylic acids is 1. The zero-order chi connectivity index (χ0) is 22.2. The predicted molar refractivity (Wildman–Crippen MR) is 121 cm³/mol. The summed E-state index contributed by atoms with van der Waals surface area (Å²) in [5.41, 5.74) is 5.11. The Kier molecular flexibility index (Phi) is 7.55. The first-order valence-electron chi connectivity index (χ1n) is 10.2. The van der Waals surface area contributed by atoms with Gasteiger partial charge in [-0.2, -0.15) is 0 Å². The van der Waals surface area contributed by atoms with Crippen molar-refractivity contribution in [3.63, 3.8) is 0 Å². The third-order valence-electron chi connectivity index (χ3n) is 5.35. The van der Waals surface area contributed by atoms with Crippen LogP contribution in [0.2, 0.25) is 0 Å². The van der Waals surface area contributed by atoms with Crippen LogP contribution in [0, 0.1) is 0 Å². The van der Waals surface area contributed by atoms with Gasteiger partial charge in [-0.3, -0.25) is 0 Å². The van der Waals surface area contributed by atoms with Crippen molar-refractivity contribution in [1.82, 2.24) is 0 Å². The molecule has 0 atom stereocenters. The molecule has 0 bridgehead atoms. The third-order valence-corrected chi connectivity index (χ3v) is 5.35. The maximum atomic E-state index is 10.9. The molecule has 0 amide bonds. The SMILES string of the molecule is COc1cc(CCc2ccc(CCc3ccc(C(=O)O)cc3)cc2)cc(OC)c1OC. The van der Waals surface area contributed by atoms with Gasteiger partial charge in [0, 0.05) is 0 Å². The number of benzene rings is 3. The van der Waals surface area contributed by atoms with Crippen LogP contribution < -0.4 is 14.2 Å². The summed E-state index contributed by atoms with van der Waals surface area (Å²) in [7, 11) is 4.85. The topological polar surface area (TPSA) is 65.0 Å². The van der Waals surface area contributed by atoms with Crippen LogP contribution >= 0.6 is 0 Å². The molecule has 5 heteroatoms. The highest BCUT2D eigenvalue weighted by atomic mass is 16.5. The van der Waals surface area contributed by atoms with Crippen molar-refractivity contribution < 1.29 is 24.1 Å². The summed E-state index contributed by atoms with van der Waals surface area (Å²) in [5, 5.41) is 8.98. The first-order chi connectivity index (χ1) is 15.0. The van der Waals surface area contributed by atoms with Crippen molar-refractivity contribution in [2.24, 2.45) is 0 Å². The minimum absolute atomic E-state index is 0.320. The van der Waals surface area contributed by atoms with E-state index in [4.69, 9.17) is 19.3 Å². The molecule has 0 aliphatic rings. The first-order valence-corrected chi connectivity index (χ1v) is 10.2. The van der Waals surface area contributed by atoms with Gasteiger partial charge < -0.3 is 19.3 Å². The lowest BCUT2D eigenvalue weighted by Crippen LogP contribution is -1.99. The van der Waals surface area contributed by atoms with Crippen LogP contribution in [0.1, 0.15) is 32.6 Å². The van der Waals surface area contributed by atoms with E-state index >= 15 is 0 Å². The predicted octanol–water partition coefficient (Wildman–Crippen LogP) is 4.98. The zero-order valence-corrected chi connectivity index (χ0v) is 18.2. The lowest BCUT2D eigenvalue weighted by molar-refractivity contribution is 0.0697. The average molecular weight is 421 g/mol. The van der Waals surface area contributed by atoms with Crippen molar-refractivity contribution in [3.05, 3.63) is 88.5 Å². The molecule has 0 saturated heterocycles. The Balaban J connectivity index is 1.57. The molecule has 0 saturated carbocycles. The summed E-state index contributed by atoms with van der Waals surface area (Å²) in [6.45, 7) is 0. The molecule has 0 aliphatic heterocycles. The minimum atomic E-state index is -0.895. The smallest absolute Gasteiger partial charge is 0.335 e. The van der Waals surface area contributed by atoms with Gasteiger partial charge in [0.1, 0.15) is 0 Å². The van der Waals surface area contributed by atoms with E-state index in [0.717, 1.165) is 36.8 Å². The third kappa shape index (κ3) is 5.79. The highest BCUT2D eigenvalue weighted by molar-refractivity contribution is 5.87.